The lowest BCUT2D eigenvalue weighted by atomic mass is 10.1. The van der Waals surface area contributed by atoms with E-state index < -0.39 is 5.91 Å². The normalized spacial score (nSPS) is 10.1. The van der Waals surface area contributed by atoms with Gasteiger partial charge in [-0.2, -0.15) is 0 Å². The summed E-state index contributed by atoms with van der Waals surface area (Å²) in [5.74, 6) is 5.28. The zero-order valence-corrected chi connectivity index (χ0v) is 12.2. The third-order valence-electron chi connectivity index (χ3n) is 2.74. The Morgan fingerprint density at radius 1 is 1.32 bits per heavy atom. The molecule has 0 aliphatic carbocycles. The summed E-state index contributed by atoms with van der Waals surface area (Å²) in [4.78, 5) is 19.5. The molecule has 0 saturated carbocycles. The van der Waals surface area contributed by atoms with Gasteiger partial charge in [0.2, 0.25) is 5.95 Å². The molecule has 0 aliphatic rings. The third kappa shape index (κ3) is 3.80. The lowest BCUT2D eigenvalue weighted by molar-refractivity contribution is 0.0948. The molecule has 1 aromatic heterocycles. The number of carbonyl (C=O) groups is 1. The number of amides is 1. The summed E-state index contributed by atoms with van der Waals surface area (Å²) in [6, 6.07) is 8.76. The van der Waals surface area contributed by atoms with Crippen LogP contribution in [0.1, 0.15) is 17.4 Å². The number of aromatic nitrogens is 2. The Kier molecular flexibility index (Phi) is 4.70. The van der Waals surface area contributed by atoms with E-state index in [9.17, 15) is 4.79 Å². The number of hydrogen-bond donors (Lipinski definition) is 3. The van der Waals surface area contributed by atoms with Gasteiger partial charge in [0.1, 0.15) is 18.1 Å². The molecule has 1 heterocycles. The van der Waals surface area contributed by atoms with Gasteiger partial charge in [0, 0.05) is 5.56 Å². The number of nitrogens with two attached hydrogens (primary N) is 2. The summed E-state index contributed by atoms with van der Waals surface area (Å²) in [6.07, 6.45) is 0. The average molecular weight is 299 g/mol. The molecule has 7 heteroatoms. The van der Waals surface area contributed by atoms with Crippen molar-refractivity contribution in [2.75, 3.05) is 12.3 Å². The molecule has 1 aromatic carbocycles. The van der Waals surface area contributed by atoms with Crippen LogP contribution in [0.4, 0.5) is 5.95 Å². The maximum atomic E-state index is 11.5. The van der Waals surface area contributed by atoms with Crippen molar-refractivity contribution in [3.63, 3.8) is 0 Å². The van der Waals surface area contributed by atoms with Crippen LogP contribution in [-0.2, 0) is 0 Å². The number of ether oxygens (including phenoxy) is 1. The fourth-order valence-electron chi connectivity index (χ4n) is 1.73. The highest BCUT2D eigenvalue weighted by atomic mass is 16.5. The van der Waals surface area contributed by atoms with Gasteiger partial charge in [-0.1, -0.05) is 6.58 Å². The number of nitrogens with zero attached hydrogens (tertiary/aromatic N) is 2. The third-order valence-corrected chi connectivity index (χ3v) is 2.74. The minimum Gasteiger partial charge on any atom is -0.489 e. The standard InChI is InChI=1S/C15H17N5O2/c1-9(2)8-22-11-5-3-10(4-6-11)12-7-13(14(21)20-17)19-15(16)18-12/h3-7H,1,8,17H2,2H3,(H,20,21)(H2,16,18,19). The van der Waals surface area contributed by atoms with Crippen LogP contribution in [0.25, 0.3) is 11.3 Å². The number of hydrogen-bond acceptors (Lipinski definition) is 6. The smallest absolute Gasteiger partial charge is 0.283 e. The first-order chi connectivity index (χ1) is 10.5. The van der Waals surface area contributed by atoms with E-state index in [0.29, 0.717) is 18.1 Å². The molecule has 0 saturated heterocycles. The molecule has 1 amide bonds. The maximum Gasteiger partial charge on any atom is 0.283 e. The maximum absolute atomic E-state index is 11.5. The van der Waals surface area contributed by atoms with E-state index in [0.717, 1.165) is 11.1 Å². The molecule has 7 nitrogen and oxygen atoms in total. The number of carbonyl (C=O) groups excluding carboxylic acids is 1. The second-order valence-electron chi connectivity index (χ2n) is 4.74. The second kappa shape index (κ2) is 6.68. The van der Waals surface area contributed by atoms with Crippen LogP contribution in [0, 0.1) is 0 Å². The van der Waals surface area contributed by atoms with Crippen molar-refractivity contribution < 1.29 is 9.53 Å². The zero-order valence-electron chi connectivity index (χ0n) is 12.2. The minimum absolute atomic E-state index is 0.00120. The molecule has 0 aliphatic heterocycles. The fourth-order valence-corrected chi connectivity index (χ4v) is 1.73. The number of anilines is 1. The highest BCUT2D eigenvalue weighted by Gasteiger charge is 2.10. The second-order valence-corrected chi connectivity index (χ2v) is 4.74. The average Bonchev–Trinajstić information content (AvgIpc) is 2.52. The summed E-state index contributed by atoms with van der Waals surface area (Å²) in [6.45, 7) is 6.13. The molecule has 0 unspecified atom stereocenters. The van der Waals surface area contributed by atoms with E-state index in [1.807, 2.05) is 24.5 Å². The van der Waals surface area contributed by atoms with Crippen molar-refractivity contribution in [3.8, 4) is 17.0 Å². The van der Waals surface area contributed by atoms with Gasteiger partial charge in [-0.05, 0) is 42.8 Å². The molecule has 0 radical (unpaired) electrons. The Morgan fingerprint density at radius 2 is 2.00 bits per heavy atom. The van der Waals surface area contributed by atoms with Crippen molar-refractivity contribution in [1.29, 1.82) is 0 Å². The van der Waals surface area contributed by atoms with E-state index in [1.165, 1.54) is 6.07 Å². The SMILES string of the molecule is C=C(C)COc1ccc(-c2cc(C(=O)NN)nc(N)n2)cc1. The first-order valence-corrected chi connectivity index (χ1v) is 6.52. The van der Waals surface area contributed by atoms with Crippen LogP contribution in [0.2, 0.25) is 0 Å². The Labute approximate surface area is 128 Å². The first-order valence-electron chi connectivity index (χ1n) is 6.52. The molecule has 0 atom stereocenters. The van der Waals surface area contributed by atoms with Crippen molar-refractivity contribution in [2.45, 2.75) is 6.92 Å². The van der Waals surface area contributed by atoms with E-state index in [4.69, 9.17) is 16.3 Å². The molecule has 0 spiro atoms. The number of nitrogens with one attached hydrogen (secondary N) is 1. The fraction of sp³-hybridized carbons (Fsp3) is 0.133. The Balaban J connectivity index is 2.26. The number of rotatable bonds is 5. The zero-order chi connectivity index (χ0) is 16.1. The summed E-state index contributed by atoms with van der Waals surface area (Å²) in [5.41, 5.74) is 9.98. The van der Waals surface area contributed by atoms with Crippen LogP contribution in [0.3, 0.4) is 0 Å². The van der Waals surface area contributed by atoms with Gasteiger partial charge in [-0.3, -0.25) is 10.2 Å². The Bertz CT molecular complexity index is 698. The molecule has 22 heavy (non-hydrogen) atoms. The minimum atomic E-state index is -0.531. The summed E-state index contributed by atoms with van der Waals surface area (Å²) in [5, 5.41) is 0. The number of benzene rings is 1. The van der Waals surface area contributed by atoms with E-state index >= 15 is 0 Å². The highest BCUT2D eigenvalue weighted by Crippen LogP contribution is 2.22. The Hall–Kier alpha value is -2.93. The molecule has 5 N–H and O–H groups in total. The lowest BCUT2D eigenvalue weighted by Crippen LogP contribution is -2.31. The highest BCUT2D eigenvalue weighted by molar-refractivity contribution is 5.93. The summed E-state index contributed by atoms with van der Waals surface area (Å²) >= 11 is 0. The molecule has 114 valence electrons. The van der Waals surface area contributed by atoms with Gasteiger partial charge in [-0.15, -0.1) is 0 Å². The molecular weight excluding hydrogens is 282 g/mol. The van der Waals surface area contributed by atoms with Crippen LogP contribution < -0.4 is 21.7 Å². The largest absolute Gasteiger partial charge is 0.489 e. The molecular formula is C15H17N5O2. The summed E-state index contributed by atoms with van der Waals surface area (Å²) in [7, 11) is 0. The van der Waals surface area contributed by atoms with Gasteiger partial charge >= 0.3 is 0 Å². The van der Waals surface area contributed by atoms with Crippen LogP contribution in [0.5, 0.6) is 5.75 Å². The van der Waals surface area contributed by atoms with Gasteiger partial charge in [0.05, 0.1) is 5.69 Å². The molecule has 0 fully saturated rings. The molecule has 2 aromatic rings. The van der Waals surface area contributed by atoms with Crippen molar-refractivity contribution in [2.24, 2.45) is 5.84 Å². The number of nitrogen functional groups attached to an aromatic ring is 2. The quantitative estimate of drug-likeness (QED) is 0.331. The van der Waals surface area contributed by atoms with Crippen molar-refractivity contribution in [3.05, 3.63) is 48.2 Å². The predicted molar refractivity (Wildman–Crippen MR) is 83.8 cm³/mol. The lowest BCUT2D eigenvalue weighted by Gasteiger charge is -2.08. The van der Waals surface area contributed by atoms with Crippen molar-refractivity contribution in [1.82, 2.24) is 15.4 Å². The van der Waals surface area contributed by atoms with E-state index in [2.05, 4.69) is 16.5 Å². The van der Waals surface area contributed by atoms with E-state index in [-0.39, 0.29) is 11.6 Å². The van der Waals surface area contributed by atoms with Crippen LogP contribution in [-0.4, -0.2) is 22.5 Å². The van der Waals surface area contributed by atoms with E-state index in [1.54, 1.807) is 12.1 Å². The summed E-state index contributed by atoms with van der Waals surface area (Å²) < 4.78 is 5.52. The predicted octanol–water partition coefficient (Wildman–Crippen LogP) is 1.28. The van der Waals surface area contributed by atoms with Crippen molar-refractivity contribution >= 4 is 11.9 Å². The molecule has 0 bridgehead atoms. The van der Waals surface area contributed by atoms with Crippen LogP contribution >= 0.6 is 0 Å². The van der Waals surface area contributed by atoms with Gasteiger partial charge in [-0.25, -0.2) is 15.8 Å². The van der Waals surface area contributed by atoms with Gasteiger partial charge in [0.15, 0.2) is 0 Å². The Morgan fingerprint density at radius 3 is 2.59 bits per heavy atom. The molecule has 2 rings (SSSR count). The van der Waals surface area contributed by atoms with Gasteiger partial charge < -0.3 is 10.5 Å². The van der Waals surface area contributed by atoms with Gasteiger partial charge in [0.25, 0.3) is 5.91 Å². The van der Waals surface area contributed by atoms with Crippen LogP contribution in [0.15, 0.2) is 42.5 Å². The monoisotopic (exact) mass is 299 g/mol. The topological polar surface area (TPSA) is 116 Å². The number of hydrazine groups is 1. The first kappa shape index (κ1) is 15.5.